The summed E-state index contributed by atoms with van der Waals surface area (Å²) in [5, 5.41) is 0. The van der Waals surface area contributed by atoms with Crippen molar-refractivity contribution in [3.8, 4) is 11.3 Å². The number of anilines is 1. The van der Waals surface area contributed by atoms with E-state index in [0.717, 1.165) is 28.0 Å². The van der Waals surface area contributed by atoms with Crippen molar-refractivity contribution in [3.05, 3.63) is 54.7 Å². The van der Waals surface area contributed by atoms with E-state index < -0.39 is 0 Å². The Bertz CT molecular complexity index is 677. The van der Waals surface area contributed by atoms with Gasteiger partial charge in [-0.1, -0.05) is 30.3 Å². The SMILES string of the molecule is Nc1ccccc1-c1cnc2ccccc2n1. The maximum Gasteiger partial charge on any atom is 0.0913 e. The van der Waals surface area contributed by atoms with Crippen molar-refractivity contribution in [2.24, 2.45) is 0 Å². The summed E-state index contributed by atoms with van der Waals surface area (Å²) in [6, 6.07) is 15.5. The van der Waals surface area contributed by atoms with Crippen molar-refractivity contribution in [2.45, 2.75) is 0 Å². The molecule has 3 aromatic rings. The highest BCUT2D eigenvalue weighted by Gasteiger charge is 2.04. The van der Waals surface area contributed by atoms with Crippen LogP contribution in [-0.4, -0.2) is 9.97 Å². The standard InChI is InChI=1S/C14H11N3/c15-11-6-2-1-5-10(11)14-9-16-12-7-3-4-8-13(12)17-14/h1-9H,15H2. The average Bonchev–Trinajstić information content (AvgIpc) is 2.39. The molecule has 0 spiro atoms. The van der Waals surface area contributed by atoms with E-state index in [0.29, 0.717) is 0 Å². The topological polar surface area (TPSA) is 51.8 Å². The van der Waals surface area contributed by atoms with Gasteiger partial charge in [0.2, 0.25) is 0 Å². The Morgan fingerprint density at radius 2 is 1.53 bits per heavy atom. The van der Waals surface area contributed by atoms with E-state index in [-0.39, 0.29) is 0 Å². The molecule has 3 rings (SSSR count). The van der Waals surface area contributed by atoms with Crippen LogP contribution in [0.3, 0.4) is 0 Å². The summed E-state index contributed by atoms with van der Waals surface area (Å²) in [6.07, 6.45) is 1.76. The predicted octanol–water partition coefficient (Wildman–Crippen LogP) is 2.88. The van der Waals surface area contributed by atoms with Gasteiger partial charge in [-0.25, -0.2) is 4.98 Å². The third-order valence-electron chi connectivity index (χ3n) is 2.69. The lowest BCUT2D eigenvalue weighted by Crippen LogP contribution is -1.93. The number of benzene rings is 2. The molecule has 0 saturated heterocycles. The number of nitrogens with two attached hydrogens (primary N) is 1. The number of rotatable bonds is 1. The molecule has 0 atom stereocenters. The van der Waals surface area contributed by atoms with Gasteiger partial charge in [-0.3, -0.25) is 4.98 Å². The molecule has 2 N–H and O–H groups in total. The lowest BCUT2D eigenvalue weighted by Gasteiger charge is -2.05. The molecule has 0 radical (unpaired) electrons. The first-order chi connectivity index (χ1) is 8.34. The van der Waals surface area contributed by atoms with E-state index >= 15 is 0 Å². The second-order valence-corrected chi connectivity index (χ2v) is 3.83. The van der Waals surface area contributed by atoms with E-state index in [1.165, 1.54) is 0 Å². The first kappa shape index (κ1) is 9.78. The van der Waals surface area contributed by atoms with E-state index in [4.69, 9.17) is 5.73 Å². The Labute approximate surface area is 98.9 Å². The molecule has 0 aliphatic rings. The molecular weight excluding hydrogens is 210 g/mol. The molecule has 17 heavy (non-hydrogen) atoms. The molecule has 0 amide bonds. The van der Waals surface area contributed by atoms with Gasteiger partial charge in [0.15, 0.2) is 0 Å². The van der Waals surface area contributed by atoms with Crippen LogP contribution >= 0.6 is 0 Å². The Morgan fingerprint density at radius 1 is 0.824 bits per heavy atom. The molecule has 0 saturated carbocycles. The molecular formula is C14H11N3. The molecule has 0 aliphatic heterocycles. The molecule has 0 bridgehead atoms. The zero-order valence-corrected chi connectivity index (χ0v) is 9.17. The molecule has 0 unspecified atom stereocenters. The van der Waals surface area contributed by atoms with Crippen molar-refractivity contribution in [2.75, 3.05) is 5.73 Å². The number of hydrogen-bond acceptors (Lipinski definition) is 3. The van der Waals surface area contributed by atoms with Gasteiger partial charge in [0.05, 0.1) is 22.9 Å². The van der Waals surface area contributed by atoms with Crippen molar-refractivity contribution in [1.29, 1.82) is 0 Å². The van der Waals surface area contributed by atoms with Crippen molar-refractivity contribution in [3.63, 3.8) is 0 Å². The highest BCUT2D eigenvalue weighted by molar-refractivity contribution is 5.80. The summed E-state index contributed by atoms with van der Waals surface area (Å²) >= 11 is 0. The Hall–Kier alpha value is -2.42. The van der Waals surface area contributed by atoms with Crippen LogP contribution in [0.25, 0.3) is 22.3 Å². The van der Waals surface area contributed by atoms with Crippen molar-refractivity contribution < 1.29 is 0 Å². The van der Waals surface area contributed by atoms with Crippen LogP contribution in [0.4, 0.5) is 5.69 Å². The van der Waals surface area contributed by atoms with Crippen molar-refractivity contribution >= 4 is 16.7 Å². The number of nitrogens with zero attached hydrogens (tertiary/aromatic N) is 2. The molecule has 0 aliphatic carbocycles. The lowest BCUT2D eigenvalue weighted by atomic mass is 10.1. The van der Waals surface area contributed by atoms with Gasteiger partial charge in [0.25, 0.3) is 0 Å². The molecule has 3 heteroatoms. The molecule has 0 fully saturated rings. The number of para-hydroxylation sites is 3. The minimum absolute atomic E-state index is 0.720. The minimum atomic E-state index is 0.720. The number of aromatic nitrogens is 2. The van der Waals surface area contributed by atoms with Gasteiger partial charge in [-0.2, -0.15) is 0 Å². The van der Waals surface area contributed by atoms with Gasteiger partial charge in [-0.05, 0) is 18.2 Å². The van der Waals surface area contributed by atoms with Crippen molar-refractivity contribution in [1.82, 2.24) is 9.97 Å². The number of hydrogen-bond donors (Lipinski definition) is 1. The Morgan fingerprint density at radius 3 is 2.35 bits per heavy atom. The first-order valence-electron chi connectivity index (χ1n) is 5.41. The van der Waals surface area contributed by atoms with Crippen LogP contribution in [0.15, 0.2) is 54.7 Å². The molecule has 3 nitrogen and oxygen atoms in total. The fourth-order valence-corrected chi connectivity index (χ4v) is 1.82. The highest BCUT2D eigenvalue weighted by atomic mass is 14.8. The van der Waals surface area contributed by atoms with Crippen LogP contribution in [0.2, 0.25) is 0 Å². The molecule has 1 aromatic heterocycles. The smallest absolute Gasteiger partial charge is 0.0913 e. The molecule has 82 valence electrons. The quantitative estimate of drug-likeness (QED) is 0.643. The average molecular weight is 221 g/mol. The zero-order valence-electron chi connectivity index (χ0n) is 9.17. The summed E-state index contributed by atoms with van der Waals surface area (Å²) in [5.41, 5.74) is 10.2. The van der Waals surface area contributed by atoms with Gasteiger partial charge >= 0.3 is 0 Å². The minimum Gasteiger partial charge on any atom is -0.398 e. The number of fused-ring (bicyclic) bond motifs is 1. The fraction of sp³-hybridized carbons (Fsp3) is 0. The summed E-state index contributed by atoms with van der Waals surface area (Å²) in [6.45, 7) is 0. The Kier molecular flexibility index (Phi) is 2.22. The molecule has 1 heterocycles. The van der Waals surface area contributed by atoms with E-state index in [1.807, 2.05) is 48.5 Å². The zero-order chi connectivity index (χ0) is 11.7. The maximum absolute atomic E-state index is 5.93. The third kappa shape index (κ3) is 1.72. The Balaban J connectivity index is 2.22. The second-order valence-electron chi connectivity index (χ2n) is 3.83. The van der Waals surface area contributed by atoms with Gasteiger partial charge in [0.1, 0.15) is 0 Å². The largest absolute Gasteiger partial charge is 0.398 e. The fourth-order valence-electron chi connectivity index (χ4n) is 1.82. The second kappa shape index (κ2) is 3.87. The predicted molar refractivity (Wildman–Crippen MR) is 69.4 cm³/mol. The summed E-state index contributed by atoms with van der Waals surface area (Å²) in [7, 11) is 0. The van der Waals surface area contributed by atoms with Crippen LogP contribution in [0.5, 0.6) is 0 Å². The monoisotopic (exact) mass is 221 g/mol. The van der Waals surface area contributed by atoms with E-state index in [9.17, 15) is 0 Å². The van der Waals surface area contributed by atoms with Crippen LogP contribution in [0.1, 0.15) is 0 Å². The highest BCUT2D eigenvalue weighted by Crippen LogP contribution is 2.24. The normalized spacial score (nSPS) is 10.6. The van der Waals surface area contributed by atoms with Gasteiger partial charge in [-0.15, -0.1) is 0 Å². The van der Waals surface area contributed by atoms with Crippen LogP contribution < -0.4 is 5.73 Å². The summed E-state index contributed by atoms with van der Waals surface area (Å²) in [5.74, 6) is 0. The van der Waals surface area contributed by atoms with Gasteiger partial charge < -0.3 is 5.73 Å². The van der Waals surface area contributed by atoms with E-state index in [1.54, 1.807) is 6.20 Å². The van der Waals surface area contributed by atoms with Crippen LogP contribution in [-0.2, 0) is 0 Å². The lowest BCUT2D eigenvalue weighted by molar-refractivity contribution is 1.29. The maximum atomic E-state index is 5.93. The summed E-state index contributed by atoms with van der Waals surface area (Å²) in [4.78, 5) is 8.94. The third-order valence-corrected chi connectivity index (χ3v) is 2.69. The first-order valence-corrected chi connectivity index (χ1v) is 5.41. The molecule has 2 aromatic carbocycles. The summed E-state index contributed by atoms with van der Waals surface area (Å²) < 4.78 is 0. The van der Waals surface area contributed by atoms with Gasteiger partial charge in [0, 0.05) is 11.3 Å². The van der Waals surface area contributed by atoms with E-state index in [2.05, 4.69) is 9.97 Å². The van der Waals surface area contributed by atoms with Crippen LogP contribution in [0, 0.1) is 0 Å². The number of nitrogen functional groups attached to an aromatic ring is 1.